The molecule has 1 rings (SSSR count). The Kier molecular flexibility index (Phi) is 4.68. The minimum Gasteiger partial charge on any atom is -0.397 e. The molecule has 0 heterocycles. The molecule has 108 valence electrons. The lowest BCUT2D eigenvalue weighted by Gasteiger charge is -2.06. The number of hydrogen-bond acceptors (Lipinski definition) is 5. The van der Waals surface area contributed by atoms with Crippen LogP contribution in [0.15, 0.2) is 29.4 Å². The maximum Gasteiger partial charge on any atom is 0.491 e. The van der Waals surface area contributed by atoms with Crippen molar-refractivity contribution in [1.82, 2.24) is 0 Å². The molecule has 20 heavy (non-hydrogen) atoms. The second-order valence-corrected chi connectivity index (χ2v) is 3.41. The Morgan fingerprint density at radius 3 is 2.10 bits per heavy atom. The molecule has 1 aromatic rings. The second-order valence-electron chi connectivity index (χ2n) is 3.41. The van der Waals surface area contributed by atoms with E-state index in [1.807, 2.05) is 0 Å². The normalized spacial score (nSPS) is 11.9. The fourth-order valence-electron chi connectivity index (χ4n) is 1.13. The maximum atomic E-state index is 11.9. The van der Waals surface area contributed by atoms with Crippen LogP contribution >= 0.6 is 0 Å². The van der Waals surface area contributed by atoms with Crippen LogP contribution in [-0.4, -0.2) is 31.1 Å². The summed E-state index contributed by atoms with van der Waals surface area (Å²) in [7, 11) is 1.28. The van der Waals surface area contributed by atoms with Crippen molar-refractivity contribution in [3.63, 3.8) is 0 Å². The van der Waals surface area contributed by atoms with Crippen LogP contribution in [0.2, 0.25) is 0 Å². The van der Waals surface area contributed by atoms with E-state index in [1.54, 1.807) is 0 Å². The standard InChI is InChI=1S/C11H9F3N2O4/c1-19-16-8(15)6-2-4-7(5-3-6)9(17)20-10(18)11(12,13)14/h2-5H,1H3,(H2,15,16). The maximum absolute atomic E-state index is 11.9. The third kappa shape index (κ3) is 3.97. The molecule has 0 bridgehead atoms. The summed E-state index contributed by atoms with van der Waals surface area (Å²) in [5.74, 6) is -3.98. The smallest absolute Gasteiger partial charge is 0.397 e. The molecule has 0 radical (unpaired) electrons. The highest BCUT2D eigenvalue weighted by Crippen LogP contribution is 2.17. The lowest BCUT2D eigenvalue weighted by Crippen LogP contribution is -2.28. The fourth-order valence-corrected chi connectivity index (χ4v) is 1.13. The number of halogens is 3. The average Bonchev–Trinajstić information content (AvgIpc) is 2.38. The molecule has 2 N–H and O–H groups in total. The molecular formula is C11H9F3N2O4. The van der Waals surface area contributed by atoms with E-state index in [0.29, 0.717) is 5.56 Å². The third-order valence-corrected chi connectivity index (χ3v) is 2.02. The predicted octanol–water partition coefficient (Wildman–Crippen LogP) is 1.20. The largest absolute Gasteiger partial charge is 0.491 e. The zero-order valence-electron chi connectivity index (χ0n) is 10.1. The summed E-state index contributed by atoms with van der Waals surface area (Å²) in [4.78, 5) is 26.2. The number of hydrogen-bond donors (Lipinski definition) is 1. The molecule has 0 aliphatic heterocycles. The summed E-state index contributed by atoms with van der Waals surface area (Å²) in [6, 6.07) is 4.90. The molecule has 0 aliphatic rings. The Bertz CT molecular complexity index is 538. The van der Waals surface area contributed by atoms with Gasteiger partial charge in [0.2, 0.25) is 0 Å². The molecule has 0 spiro atoms. The summed E-state index contributed by atoms with van der Waals surface area (Å²) in [6.07, 6.45) is -5.23. The number of benzene rings is 1. The van der Waals surface area contributed by atoms with Crippen LogP contribution in [0, 0.1) is 0 Å². The highest BCUT2D eigenvalue weighted by molar-refractivity contribution is 6.00. The molecule has 6 nitrogen and oxygen atoms in total. The van der Waals surface area contributed by atoms with Gasteiger partial charge in [0.25, 0.3) is 0 Å². The van der Waals surface area contributed by atoms with Gasteiger partial charge in [0.15, 0.2) is 5.84 Å². The first-order valence-corrected chi connectivity index (χ1v) is 5.06. The van der Waals surface area contributed by atoms with E-state index in [2.05, 4.69) is 14.7 Å². The second kappa shape index (κ2) is 6.04. The molecule has 0 atom stereocenters. The Morgan fingerprint density at radius 1 is 1.15 bits per heavy atom. The zero-order chi connectivity index (χ0) is 15.3. The number of oxime groups is 1. The van der Waals surface area contributed by atoms with Crippen molar-refractivity contribution in [2.75, 3.05) is 7.11 Å². The van der Waals surface area contributed by atoms with Crippen molar-refractivity contribution < 1.29 is 32.3 Å². The lowest BCUT2D eigenvalue weighted by atomic mass is 10.1. The summed E-state index contributed by atoms with van der Waals surface area (Å²) >= 11 is 0. The molecular weight excluding hydrogens is 281 g/mol. The number of carbonyl (C=O) groups excluding carboxylic acids is 2. The Hall–Kier alpha value is -2.58. The summed E-state index contributed by atoms with van der Waals surface area (Å²) in [5, 5.41) is 3.43. The van der Waals surface area contributed by atoms with Crippen LogP contribution < -0.4 is 5.73 Å². The molecule has 0 saturated heterocycles. The van der Waals surface area contributed by atoms with Crippen molar-refractivity contribution in [3.8, 4) is 0 Å². The Balaban J connectivity index is 2.82. The van der Waals surface area contributed by atoms with E-state index in [1.165, 1.54) is 19.2 Å². The highest BCUT2D eigenvalue weighted by Gasteiger charge is 2.42. The van der Waals surface area contributed by atoms with Gasteiger partial charge in [0.05, 0.1) is 5.56 Å². The van der Waals surface area contributed by atoms with Gasteiger partial charge >= 0.3 is 18.1 Å². The number of esters is 2. The number of nitrogens with zero attached hydrogens (tertiary/aromatic N) is 1. The molecule has 0 amide bonds. The topological polar surface area (TPSA) is 91.0 Å². The number of rotatable bonds is 3. The Morgan fingerprint density at radius 2 is 1.65 bits per heavy atom. The van der Waals surface area contributed by atoms with Gasteiger partial charge in [-0.2, -0.15) is 13.2 Å². The molecule has 9 heteroatoms. The van der Waals surface area contributed by atoms with E-state index in [0.717, 1.165) is 12.1 Å². The third-order valence-electron chi connectivity index (χ3n) is 2.02. The molecule has 1 aromatic carbocycles. The number of carbonyl (C=O) groups is 2. The SMILES string of the molecule is CON=C(N)c1ccc(C(=O)OC(=O)C(F)(F)F)cc1. The fraction of sp³-hybridized carbons (Fsp3) is 0.182. The van der Waals surface area contributed by atoms with E-state index >= 15 is 0 Å². The summed E-state index contributed by atoms with van der Waals surface area (Å²) < 4.78 is 39.4. The first-order chi connectivity index (χ1) is 9.25. The van der Waals surface area contributed by atoms with Crippen LogP contribution in [0.5, 0.6) is 0 Å². The molecule has 0 unspecified atom stereocenters. The van der Waals surface area contributed by atoms with Crippen molar-refractivity contribution in [2.24, 2.45) is 10.9 Å². The zero-order valence-corrected chi connectivity index (χ0v) is 10.1. The molecule has 0 aromatic heterocycles. The lowest BCUT2D eigenvalue weighted by molar-refractivity contribution is -0.193. The van der Waals surface area contributed by atoms with Crippen molar-refractivity contribution in [1.29, 1.82) is 0 Å². The van der Waals surface area contributed by atoms with E-state index < -0.39 is 18.1 Å². The van der Waals surface area contributed by atoms with Gasteiger partial charge in [0.1, 0.15) is 7.11 Å². The van der Waals surface area contributed by atoms with Crippen LogP contribution in [0.1, 0.15) is 15.9 Å². The van der Waals surface area contributed by atoms with Gasteiger partial charge in [-0.3, -0.25) is 0 Å². The monoisotopic (exact) mass is 290 g/mol. The van der Waals surface area contributed by atoms with Gasteiger partial charge in [0, 0.05) is 5.56 Å². The Labute approximate surface area is 110 Å². The van der Waals surface area contributed by atoms with E-state index in [9.17, 15) is 22.8 Å². The first kappa shape index (κ1) is 15.5. The quantitative estimate of drug-likeness (QED) is 0.297. The van der Waals surface area contributed by atoms with Gasteiger partial charge in [-0.15, -0.1) is 0 Å². The van der Waals surface area contributed by atoms with E-state index in [4.69, 9.17) is 5.73 Å². The summed E-state index contributed by atoms with van der Waals surface area (Å²) in [6.45, 7) is 0. The van der Waals surface area contributed by atoms with Crippen molar-refractivity contribution >= 4 is 17.8 Å². The first-order valence-electron chi connectivity index (χ1n) is 5.06. The molecule has 0 saturated carbocycles. The van der Waals surface area contributed by atoms with E-state index in [-0.39, 0.29) is 11.4 Å². The minimum atomic E-state index is -5.23. The van der Waals surface area contributed by atoms with Crippen LogP contribution in [0.3, 0.4) is 0 Å². The number of amidine groups is 1. The molecule has 0 aliphatic carbocycles. The average molecular weight is 290 g/mol. The van der Waals surface area contributed by atoms with Crippen LogP contribution in [0.25, 0.3) is 0 Å². The van der Waals surface area contributed by atoms with Gasteiger partial charge < -0.3 is 15.3 Å². The van der Waals surface area contributed by atoms with Crippen LogP contribution in [-0.2, 0) is 14.4 Å². The number of alkyl halides is 3. The number of ether oxygens (including phenoxy) is 1. The molecule has 0 fully saturated rings. The number of nitrogens with two attached hydrogens (primary N) is 1. The predicted molar refractivity (Wildman–Crippen MR) is 60.7 cm³/mol. The van der Waals surface area contributed by atoms with Gasteiger partial charge in [-0.25, -0.2) is 9.59 Å². The highest BCUT2D eigenvalue weighted by atomic mass is 19.4. The van der Waals surface area contributed by atoms with Crippen LogP contribution in [0.4, 0.5) is 13.2 Å². The minimum absolute atomic E-state index is 0.0128. The van der Waals surface area contributed by atoms with Gasteiger partial charge in [-0.1, -0.05) is 17.3 Å². The van der Waals surface area contributed by atoms with Gasteiger partial charge in [-0.05, 0) is 12.1 Å². The summed E-state index contributed by atoms with van der Waals surface area (Å²) in [5.41, 5.74) is 5.62. The van der Waals surface area contributed by atoms with Crippen molar-refractivity contribution in [2.45, 2.75) is 6.18 Å². The van der Waals surface area contributed by atoms with Crippen molar-refractivity contribution in [3.05, 3.63) is 35.4 Å².